The number of nitrogens with two attached hydrogens (primary N) is 1. The van der Waals surface area contributed by atoms with Crippen molar-refractivity contribution in [3.8, 4) is 0 Å². The molecule has 0 aromatic heterocycles. The summed E-state index contributed by atoms with van der Waals surface area (Å²) in [4.78, 5) is 0. The Kier molecular flexibility index (Phi) is 3.25. The molecule has 1 atom stereocenters. The van der Waals surface area contributed by atoms with Crippen LogP contribution in [-0.4, -0.2) is 0 Å². The fourth-order valence-electron chi connectivity index (χ4n) is 2.22. The van der Waals surface area contributed by atoms with Crippen molar-refractivity contribution < 1.29 is 0 Å². The predicted octanol–water partition coefficient (Wildman–Crippen LogP) is 3.95. The van der Waals surface area contributed by atoms with Crippen molar-refractivity contribution in [3.05, 3.63) is 47.5 Å². The second-order valence-electron chi connectivity index (χ2n) is 4.45. The summed E-state index contributed by atoms with van der Waals surface area (Å²) in [5.41, 5.74) is 8.75. The maximum absolute atomic E-state index is 6.17. The number of rotatable bonds is 3. The van der Waals surface area contributed by atoms with Crippen LogP contribution in [0.1, 0.15) is 36.9 Å². The van der Waals surface area contributed by atoms with Crippen LogP contribution in [0.3, 0.4) is 0 Å². The molecule has 2 N–H and O–H groups in total. The Morgan fingerprint density at radius 1 is 1.19 bits per heavy atom. The number of fused-ring (bicyclic) bond motifs is 1. The minimum Gasteiger partial charge on any atom is -0.324 e. The summed E-state index contributed by atoms with van der Waals surface area (Å²) in [7, 11) is 0. The van der Waals surface area contributed by atoms with E-state index in [2.05, 4.69) is 50.2 Å². The third-order valence-corrected chi connectivity index (χ3v) is 3.12. The van der Waals surface area contributed by atoms with E-state index in [0.29, 0.717) is 0 Å². The Labute approximate surface area is 97.3 Å². The van der Waals surface area contributed by atoms with Crippen molar-refractivity contribution in [1.29, 1.82) is 0 Å². The van der Waals surface area contributed by atoms with E-state index < -0.39 is 0 Å². The van der Waals surface area contributed by atoms with Gasteiger partial charge < -0.3 is 5.73 Å². The normalized spacial score (nSPS) is 12.9. The summed E-state index contributed by atoms with van der Waals surface area (Å²) in [6, 6.07) is 13.1. The quantitative estimate of drug-likeness (QED) is 0.820. The van der Waals surface area contributed by atoms with E-state index in [1.54, 1.807) is 0 Å². The zero-order chi connectivity index (χ0) is 11.5. The Morgan fingerprint density at radius 3 is 2.69 bits per heavy atom. The Bertz CT molecular complexity index is 488. The fourth-order valence-corrected chi connectivity index (χ4v) is 2.22. The van der Waals surface area contributed by atoms with Gasteiger partial charge in [-0.25, -0.2) is 0 Å². The van der Waals surface area contributed by atoms with Crippen LogP contribution in [0, 0.1) is 6.92 Å². The first-order chi connectivity index (χ1) is 7.72. The van der Waals surface area contributed by atoms with E-state index in [9.17, 15) is 0 Å². The van der Waals surface area contributed by atoms with Gasteiger partial charge in [-0.2, -0.15) is 0 Å². The molecule has 0 bridgehead atoms. The second-order valence-corrected chi connectivity index (χ2v) is 4.45. The van der Waals surface area contributed by atoms with Crippen LogP contribution >= 0.6 is 0 Å². The highest BCUT2D eigenvalue weighted by Crippen LogP contribution is 2.24. The summed E-state index contributed by atoms with van der Waals surface area (Å²) in [5.74, 6) is 0. The molecule has 2 rings (SSSR count). The summed E-state index contributed by atoms with van der Waals surface area (Å²) in [5, 5.41) is 2.62. The lowest BCUT2D eigenvalue weighted by Crippen LogP contribution is -2.09. The number of hydrogen-bond acceptors (Lipinski definition) is 1. The first kappa shape index (κ1) is 11.2. The third kappa shape index (κ3) is 2.10. The van der Waals surface area contributed by atoms with Crippen LogP contribution in [0.2, 0.25) is 0 Å². The van der Waals surface area contributed by atoms with Gasteiger partial charge in [0.15, 0.2) is 0 Å². The Morgan fingerprint density at radius 2 is 1.94 bits per heavy atom. The zero-order valence-electron chi connectivity index (χ0n) is 10.0. The van der Waals surface area contributed by atoms with Gasteiger partial charge in [0.25, 0.3) is 0 Å². The van der Waals surface area contributed by atoms with E-state index in [4.69, 9.17) is 5.73 Å². The molecule has 0 spiro atoms. The molecule has 0 saturated carbocycles. The van der Waals surface area contributed by atoms with Gasteiger partial charge in [-0.1, -0.05) is 43.7 Å². The van der Waals surface area contributed by atoms with Crippen molar-refractivity contribution >= 4 is 10.8 Å². The number of hydrogen-bond donors (Lipinski definition) is 1. The number of benzene rings is 2. The van der Waals surface area contributed by atoms with Gasteiger partial charge in [-0.15, -0.1) is 0 Å². The lowest BCUT2D eigenvalue weighted by Gasteiger charge is -2.13. The first-order valence-electron chi connectivity index (χ1n) is 5.97. The monoisotopic (exact) mass is 213 g/mol. The maximum atomic E-state index is 6.17. The smallest absolute Gasteiger partial charge is 0.0295 e. The molecular formula is C15H19N. The van der Waals surface area contributed by atoms with Crippen LogP contribution in [0.15, 0.2) is 36.4 Å². The molecule has 2 aromatic rings. The van der Waals surface area contributed by atoms with Crippen LogP contribution in [-0.2, 0) is 0 Å². The first-order valence-corrected chi connectivity index (χ1v) is 5.97. The molecular weight excluding hydrogens is 194 g/mol. The maximum Gasteiger partial charge on any atom is 0.0295 e. The Balaban J connectivity index is 2.49. The summed E-state index contributed by atoms with van der Waals surface area (Å²) < 4.78 is 0. The number of aryl methyl sites for hydroxylation is 1. The average Bonchev–Trinajstić information content (AvgIpc) is 2.29. The standard InChI is InChI=1S/C15H19N/c1-3-6-15(16)13-9-11(2)14-8-5-4-7-12(14)10-13/h4-5,7-10,15H,3,6,16H2,1-2H3. The van der Waals surface area contributed by atoms with E-state index in [-0.39, 0.29) is 6.04 Å². The zero-order valence-corrected chi connectivity index (χ0v) is 10.0. The highest BCUT2D eigenvalue weighted by molar-refractivity contribution is 5.86. The molecule has 0 aliphatic carbocycles. The van der Waals surface area contributed by atoms with Gasteiger partial charge >= 0.3 is 0 Å². The van der Waals surface area contributed by atoms with Gasteiger partial charge in [0.2, 0.25) is 0 Å². The molecule has 0 fully saturated rings. The van der Waals surface area contributed by atoms with Gasteiger partial charge in [-0.3, -0.25) is 0 Å². The van der Waals surface area contributed by atoms with Crippen molar-refractivity contribution in [1.82, 2.24) is 0 Å². The SMILES string of the molecule is CCCC(N)c1cc(C)c2ccccc2c1. The summed E-state index contributed by atoms with van der Waals surface area (Å²) in [6.07, 6.45) is 2.19. The molecule has 0 radical (unpaired) electrons. The van der Waals surface area contributed by atoms with Crippen LogP contribution in [0.5, 0.6) is 0 Å². The highest BCUT2D eigenvalue weighted by Gasteiger charge is 2.07. The molecule has 1 unspecified atom stereocenters. The predicted molar refractivity (Wildman–Crippen MR) is 70.5 cm³/mol. The topological polar surface area (TPSA) is 26.0 Å². The van der Waals surface area contributed by atoms with Crippen molar-refractivity contribution in [2.24, 2.45) is 5.73 Å². The molecule has 1 heteroatoms. The van der Waals surface area contributed by atoms with Crippen molar-refractivity contribution in [2.45, 2.75) is 32.7 Å². The lowest BCUT2D eigenvalue weighted by atomic mass is 9.96. The van der Waals surface area contributed by atoms with E-state index in [1.807, 2.05) is 0 Å². The largest absolute Gasteiger partial charge is 0.324 e. The molecule has 2 aromatic carbocycles. The molecule has 0 aliphatic rings. The Hall–Kier alpha value is -1.34. The van der Waals surface area contributed by atoms with Gasteiger partial charge in [0.1, 0.15) is 0 Å². The van der Waals surface area contributed by atoms with Crippen molar-refractivity contribution in [2.75, 3.05) is 0 Å². The van der Waals surface area contributed by atoms with Crippen LogP contribution in [0.4, 0.5) is 0 Å². The van der Waals surface area contributed by atoms with Crippen LogP contribution < -0.4 is 5.73 Å². The molecule has 84 valence electrons. The average molecular weight is 213 g/mol. The summed E-state index contributed by atoms with van der Waals surface area (Å²) >= 11 is 0. The molecule has 0 saturated heterocycles. The van der Waals surface area contributed by atoms with Crippen molar-refractivity contribution in [3.63, 3.8) is 0 Å². The van der Waals surface area contributed by atoms with E-state index >= 15 is 0 Å². The molecule has 16 heavy (non-hydrogen) atoms. The molecule has 1 nitrogen and oxygen atoms in total. The molecule has 0 heterocycles. The van der Waals surface area contributed by atoms with Crippen LogP contribution in [0.25, 0.3) is 10.8 Å². The summed E-state index contributed by atoms with van der Waals surface area (Å²) in [6.45, 7) is 4.33. The minimum atomic E-state index is 0.174. The van der Waals surface area contributed by atoms with E-state index in [1.165, 1.54) is 21.9 Å². The van der Waals surface area contributed by atoms with E-state index in [0.717, 1.165) is 12.8 Å². The molecule has 0 aliphatic heterocycles. The van der Waals surface area contributed by atoms with Gasteiger partial charge in [0, 0.05) is 6.04 Å². The van der Waals surface area contributed by atoms with Gasteiger partial charge in [0.05, 0.1) is 0 Å². The molecule has 0 amide bonds. The third-order valence-electron chi connectivity index (χ3n) is 3.12. The highest BCUT2D eigenvalue weighted by atomic mass is 14.6. The lowest BCUT2D eigenvalue weighted by molar-refractivity contribution is 0.639. The van der Waals surface area contributed by atoms with Gasteiger partial charge in [-0.05, 0) is 41.3 Å². The minimum absolute atomic E-state index is 0.174. The second kappa shape index (κ2) is 4.67. The fraction of sp³-hybridized carbons (Fsp3) is 0.333.